The molecule has 0 spiro atoms. The summed E-state index contributed by atoms with van der Waals surface area (Å²) in [5.74, 6) is -0.301. The van der Waals surface area contributed by atoms with Gasteiger partial charge in [0.25, 0.3) is 5.69 Å². The van der Waals surface area contributed by atoms with Gasteiger partial charge in [0, 0.05) is 42.1 Å². The number of hydrogen-bond donors (Lipinski definition) is 3. The van der Waals surface area contributed by atoms with Crippen molar-refractivity contribution < 1.29 is 14.5 Å². The molecule has 3 aromatic carbocycles. The maximum absolute atomic E-state index is 12.8. The zero-order valence-corrected chi connectivity index (χ0v) is 18.4. The minimum atomic E-state index is -0.380. The van der Waals surface area contributed by atoms with E-state index in [2.05, 4.69) is 16.0 Å². The van der Waals surface area contributed by atoms with Gasteiger partial charge in [-0.15, -0.1) is 0 Å². The molecule has 0 unspecified atom stereocenters. The Morgan fingerprint density at radius 2 is 1.38 bits per heavy atom. The molecule has 3 amide bonds. The van der Waals surface area contributed by atoms with Crippen molar-refractivity contribution in [1.29, 1.82) is 0 Å². The van der Waals surface area contributed by atoms with E-state index < -0.39 is 0 Å². The van der Waals surface area contributed by atoms with Crippen LogP contribution in [-0.2, 0) is 4.79 Å². The molecule has 1 aliphatic rings. The second kappa shape index (κ2) is 10.5. The molecular formula is C25H25N5O4. The maximum atomic E-state index is 12.8. The van der Waals surface area contributed by atoms with Crippen LogP contribution in [0, 0.1) is 16.0 Å². The minimum absolute atomic E-state index is 0.0750. The number of nitrogens with zero attached hydrogens (tertiary/aromatic N) is 2. The molecule has 9 heteroatoms. The highest BCUT2D eigenvalue weighted by molar-refractivity contribution is 6.00. The van der Waals surface area contributed by atoms with Gasteiger partial charge >= 0.3 is 6.03 Å². The number of piperidine rings is 1. The highest BCUT2D eigenvalue weighted by Gasteiger charge is 2.28. The van der Waals surface area contributed by atoms with Gasteiger partial charge in [-0.25, -0.2) is 4.79 Å². The van der Waals surface area contributed by atoms with Gasteiger partial charge in [0.15, 0.2) is 0 Å². The summed E-state index contributed by atoms with van der Waals surface area (Å²) < 4.78 is 0. The summed E-state index contributed by atoms with van der Waals surface area (Å²) in [7, 11) is 0. The van der Waals surface area contributed by atoms with E-state index in [0.29, 0.717) is 48.7 Å². The summed E-state index contributed by atoms with van der Waals surface area (Å²) in [6.07, 6.45) is 1.19. The second-order valence-corrected chi connectivity index (χ2v) is 8.02. The van der Waals surface area contributed by atoms with Crippen LogP contribution in [0.25, 0.3) is 0 Å². The summed E-state index contributed by atoms with van der Waals surface area (Å²) in [6.45, 7) is 1.12. The number of benzene rings is 3. The Balaban J connectivity index is 1.31. The third kappa shape index (κ3) is 5.69. The normalized spacial score (nSPS) is 13.7. The number of para-hydroxylation sites is 3. The molecule has 3 N–H and O–H groups in total. The summed E-state index contributed by atoms with van der Waals surface area (Å²) >= 11 is 0. The van der Waals surface area contributed by atoms with Crippen molar-refractivity contribution in [3.8, 4) is 0 Å². The van der Waals surface area contributed by atoms with Crippen molar-refractivity contribution in [2.45, 2.75) is 12.8 Å². The number of amides is 3. The van der Waals surface area contributed by atoms with Gasteiger partial charge in [0.05, 0.1) is 4.92 Å². The monoisotopic (exact) mass is 459 g/mol. The molecule has 0 saturated carbocycles. The van der Waals surface area contributed by atoms with Crippen LogP contribution in [0.15, 0.2) is 78.9 Å². The molecule has 1 aliphatic heterocycles. The van der Waals surface area contributed by atoms with Crippen LogP contribution in [0.1, 0.15) is 12.8 Å². The fourth-order valence-electron chi connectivity index (χ4n) is 4.00. The number of nitrogens with one attached hydrogen (secondary N) is 3. The third-order valence-corrected chi connectivity index (χ3v) is 5.70. The lowest BCUT2D eigenvalue weighted by molar-refractivity contribution is -0.384. The van der Waals surface area contributed by atoms with Crippen LogP contribution in [0.5, 0.6) is 0 Å². The molecule has 4 rings (SSSR count). The Labute approximate surface area is 196 Å². The Hall–Kier alpha value is -4.40. The first-order chi connectivity index (χ1) is 16.5. The molecule has 1 saturated heterocycles. The van der Waals surface area contributed by atoms with E-state index in [0.717, 1.165) is 0 Å². The average molecular weight is 460 g/mol. The Kier molecular flexibility index (Phi) is 7.02. The third-order valence-electron chi connectivity index (χ3n) is 5.70. The highest BCUT2D eigenvalue weighted by Crippen LogP contribution is 2.31. The molecule has 0 aromatic heterocycles. The summed E-state index contributed by atoms with van der Waals surface area (Å²) in [6, 6.07) is 22.4. The van der Waals surface area contributed by atoms with E-state index in [-0.39, 0.29) is 28.5 Å². The first-order valence-electron chi connectivity index (χ1n) is 11.0. The molecule has 9 nitrogen and oxygen atoms in total. The van der Waals surface area contributed by atoms with Gasteiger partial charge in [-0.1, -0.05) is 36.4 Å². The van der Waals surface area contributed by atoms with Crippen LogP contribution in [-0.4, -0.2) is 30.0 Å². The smallest absolute Gasteiger partial charge is 0.323 e. The highest BCUT2D eigenvalue weighted by atomic mass is 16.6. The standard InChI is InChI=1S/C25H25N5O4/c31-24(18-13-15-29(16-14-18)22-11-4-5-12-23(22)30(33)34)26-20-9-6-10-21(17-20)28-25(32)27-19-7-2-1-3-8-19/h1-12,17-18H,13-16H2,(H,26,31)(H2,27,28,32). The Morgan fingerprint density at radius 1 is 0.794 bits per heavy atom. The summed E-state index contributed by atoms with van der Waals surface area (Å²) in [5, 5.41) is 19.7. The number of hydrogen-bond acceptors (Lipinski definition) is 5. The second-order valence-electron chi connectivity index (χ2n) is 8.02. The fourth-order valence-corrected chi connectivity index (χ4v) is 4.00. The Morgan fingerprint density at radius 3 is 2.09 bits per heavy atom. The number of carbonyl (C=O) groups excluding carboxylic acids is 2. The van der Waals surface area contributed by atoms with E-state index in [1.165, 1.54) is 6.07 Å². The van der Waals surface area contributed by atoms with Crippen molar-refractivity contribution in [1.82, 2.24) is 0 Å². The van der Waals surface area contributed by atoms with Crippen LogP contribution in [0.3, 0.4) is 0 Å². The molecular weight excluding hydrogens is 434 g/mol. The van der Waals surface area contributed by atoms with E-state index in [9.17, 15) is 19.7 Å². The fraction of sp³-hybridized carbons (Fsp3) is 0.200. The van der Waals surface area contributed by atoms with Crippen molar-refractivity contribution >= 4 is 40.4 Å². The number of carbonyl (C=O) groups is 2. The first-order valence-corrected chi connectivity index (χ1v) is 11.0. The average Bonchev–Trinajstić information content (AvgIpc) is 2.85. The van der Waals surface area contributed by atoms with Gasteiger partial charge in [-0.2, -0.15) is 0 Å². The lowest BCUT2D eigenvalue weighted by Crippen LogP contribution is -2.38. The number of anilines is 4. The number of urea groups is 1. The molecule has 0 aliphatic carbocycles. The molecule has 1 heterocycles. The Bertz CT molecular complexity index is 1180. The zero-order valence-electron chi connectivity index (χ0n) is 18.4. The zero-order chi connectivity index (χ0) is 23.9. The van der Waals surface area contributed by atoms with Crippen molar-refractivity contribution in [3.05, 3.63) is 89.0 Å². The van der Waals surface area contributed by atoms with Crippen LogP contribution in [0.4, 0.5) is 33.2 Å². The molecule has 0 radical (unpaired) electrons. The van der Waals surface area contributed by atoms with Crippen molar-refractivity contribution in [2.75, 3.05) is 33.9 Å². The quantitative estimate of drug-likeness (QED) is 0.350. The topological polar surface area (TPSA) is 117 Å². The summed E-state index contributed by atoms with van der Waals surface area (Å²) in [4.78, 5) is 37.9. The van der Waals surface area contributed by atoms with Crippen molar-refractivity contribution in [3.63, 3.8) is 0 Å². The predicted octanol–water partition coefficient (Wildman–Crippen LogP) is 5.09. The number of rotatable bonds is 6. The van der Waals surface area contributed by atoms with Gasteiger partial charge < -0.3 is 20.9 Å². The van der Waals surface area contributed by atoms with Crippen LogP contribution in [0.2, 0.25) is 0 Å². The van der Waals surface area contributed by atoms with Crippen LogP contribution >= 0.6 is 0 Å². The molecule has 0 bridgehead atoms. The minimum Gasteiger partial charge on any atom is -0.366 e. The largest absolute Gasteiger partial charge is 0.366 e. The van der Waals surface area contributed by atoms with E-state index >= 15 is 0 Å². The number of nitro groups is 1. The molecule has 174 valence electrons. The number of nitro benzene ring substituents is 1. The van der Waals surface area contributed by atoms with Gasteiger partial charge in [0.1, 0.15) is 5.69 Å². The molecule has 34 heavy (non-hydrogen) atoms. The first kappa shape index (κ1) is 22.8. The predicted molar refractivity (Wildman–Crippen MR) is 132 cm³/mol. The molecule has 1 fully saturated rings. The van der Waals surface area contributed by atoms with E-state index in [4.69, 9.17) is 0 Å². The van der Waals surface area contributed by atoms with Gasteiger partial charge in [-0.3, -0.25) is 14.9 Å². The van der Waals surface area contributed by atoms with E-state index in [1.54, 1.807) is 54.6 Å². The van der Waals surface area contributed by atoms with Gasteiger partial charge in [-0.05, 0) is 49.2 Å². The van der Waals surface area contributed by atoms with Gasteiger partial charge in [0.2, 0.25) is 5.91 Å². The van der Waals surface area contributed by atoms with Crippen LogP contribution < -0.4 is 20.9 Å². The SMILES string of the molecule is O=C(Nc1ccccc1)Nc1cccc(NC(=O)C2CCN(c3ccccc3[N+](=O)[O-])CC2)c1. The summed E-state index contributed by atoms with van der Waals surface area (Å²) in [5.41, 5.74) is 2.47. The molecule has 3 aromatic rings. The van der Waals surface area contributed by atoms with Crippen molar-refractivity contribution in [2.24, 2.45) is 5.92 Å². The molecule has 0 atom stereocenters. The van der Waals surface area contributed by atoms with E-state index in [1.807, 2.05) is 23.1 Å². The maximum Gasteiger partial charge on any atom is 0.323 e. The lowest BCUT2D eigenvalue weighted by atomic mass is 9.95. The lowest BCUT2D eigenvalue weighted by Gasteiger charge is -2.32.